The fraction of sp³-hybridized carbons (Fsp3) is 0.261. The van der Waals surface area contributed by atoms with Gasteiger partial charge in [-0.3, -0.25) is 9.48 Å². The van der Waals surface area contributed by atoms with E-state index in [0.717, 1.165) is 11.1 Å². The largest absolute Gasteiger partial charge is 0.452 e. The van der Waals surface area contributed by atoms with Crippen LogP contribution in [0.4, 0.5) is 4.39 Å². The van der Waals surface area contributed by atoms with Gasteiger partial charge in [-0.1, -0.05) is 41.9 Å². The number of benzene rings is 2. The van der Waals surface area contributed by atoms with E-state index in [0.29, 0.717) is 28.5 Å². The molecular weight excluding hydrogens is 421 g/mol. The summed E-state index contributed by atoms with van der Waals surface area (Å²) in [5, 5.41) is 5.04. The van der Waals surface area contributed by atoms with E-state index in [1.54, 1.807) is 43.8 Å². The number of esters is 1. The Bertz CT molecular complexity index is 1100. The Morgan fingerprint density at radius 1 is 1.13 bits per heavy atom. The maximum atomic E-state index is 13.0. The third-order valence-electron chi connectivity index (χ3n) is 4.95. The molecule has 0 saturated carbocycles. The van der Waals surface area contributed by atoms with E-state index < -0.39 is 12.6 Å². The first-order valence-electron chi connectivity index (χ1n) is 9.69. The van der Waals surface area contributed by atoms with Crippen molar-refractivity contribution >= 4 is 23.5 Å². The van der Waals surface area contributed by atoms with Crippen molar-refractivity contribution in [3.8, 4) is 0 Å². The zero-order valence-electron chi connectivity index (χ0n) is 17.6. The highest BCUT2D eigenvalue weighted by Crippen LogP contribution is 2.20. The van der Waals surface area contributed by atoms with Crippen LogP contribution in [0, 0.1) is 19.7 Å². The van der Waals surface area contributed by atoms with Gasteiger partial charge in [0.1, 0.15) is 11.4 Å². The summed E-state index contributed by atoms with van der Waals surface area (Å²) in [5.74, 6) is -1.31. The zero-order chi connectivity index (χ0) is 22.5. The zero-order valence-corrected chi connectivity index (χ0v) is 18.3. The quantitative estimate of drug-likeness (QED) is 0.514. The maximum absolute atomic E-state index is 13.0. The first-order valence-corrected chi connectivity index (χ1v) is 10.1. The van der Waals surface area contributed by atoms with Crippen LogP contribution in [0.5, 0.6) is 0 Å². The molecule has 2 aromatic carbocycles. The van der Waals surface area contributed by atoms with E-state index in [-0.39, 0.29) is 18.3 Å². The maximum Gasteiger partial charge on any atom is 0.342 e. The van der Waals surface area contributed by atoms with Crippen molar-refractivity contribution in [3.05, 3.63) is 87.4 Å². The van der Waals surface area contributed by atoms with Gasteiger partial charge in [0.25, 0.3) is 5.91 Å². The summed E-state index contributed by atoms with van der Waals surface area (Å²) in [6, 6.07) is 13.3. The molecule has 162 valence electrons. The smallest absolute Gasteiger partial charge is 0.342 e. The molecule has 0 aliphatic carbocycles. The van der Waals surface area contributed by atoms with Crippen molar-refractivity contribution in [2.75, 3.05) is 13.7 Å². The number of carbonyl (C=O) groups is 2. The molecule has 3 aromatic rings. The Morgan fingerprint density at radius 3 is 2.48 bits per heavy atom. The standard InChI is InChI=1S/C23H23ClFN3O3/c1-15-22(16(2)28(26-15)13-18-6-4-5-7-20(18)24)23(30)31-14-21(29)27(3)12-17-8-10-19(25)11-9-17/h4-11H,12-14H2,1-3H3. The summed E-state index contributed by atoms with van der Waals surface area (Å²) in [6.45, 7) is 3.79. The van der Waals surface area contributed by atoms with Crippen molar-refractivity contribution < 1.29 is 18.7 Å². The molecule has 1 heterocycles. The number of nitrogens with zero attached hydrogens (tertiary/aromatic N) is 3. The molecule has 0 aliphatic heterocycles. The topological polar surface area (TPSA) is 64.4 Å². The van der Waals surface area contributed by atoms with Gasteiger partial charge in [-0.25, -0.2) is 9.18 Å². The molecule has 0 spiro atoms. The molecule has 31 heavy (non-hydrogen) atoms. The molecule has 0 radical (unpaired) electrons. The summed E-state index contributed by atoms with van der Waals surface area (Å²) < 4.78 is 19.9. The molecule has 0 saturated heterocycles. The van der Waals surface area contributed by atoms with Gasteiger partial charge < -0.3 is 9.64 Å². The minimum absolute atomic E-state index is 0.282. The summed E-state index contributed by atoms with van der Waals surface area (Å²) in [7, 11) is 1.59. The summed E-state index contributed by atoms with van der Waals surface area (Å²) >= 11 is 6.22. The van der Waals surface area contributed by atoms with E-state index in [4.69, 9.17) is 16.3 Å². The molecular formula is C23H23ClFN3O3. The van der Waals surface area contributed by atoms with Crippen LogP contribution in [-0.2, 0) is 22.6 Å². The van der Waals surface area contributed by atoms with Crippen molar-refractivity contribution in [1.29, 1.82) is 0 Å². The summed E-state index contributed by atoms with van der Waals surface area (Å²) in [5.41, 5.74) is 3.14. The second-order valence-corrected chi connectivity index (χ2v) is 7.65. The van der Waals surface area contributed by atoms with Gasteiger partial charge in [0.15, 0.2) is 6.61 Å². The molecule has 1 aromatic heterocycles. The number of hydrogen-bond acceptors (Lipinski definition) is 4. The molecule has 8 heteroatoms. The number of aryl methyl sites for hydroxylation is 1. The normalized spacial score (nSPS) is 10.7. The van der Waals surface area contributed by atoms with Crippen LogP contribution >= 0.6 is 11.6 Å². The van der Waals surface area contributed by atoms with E-state index >= 15 is 0 Å². The Kier molecular flexibility index (Phi) is 7.07. The Morgan fingerprint density at radius 2 is 1.81 bits per heavy atom. The third kappa shape index (κ3) is 5.49. The summed E-state index contributed by atoms with van der Waals surface area (Å²) in [6.07, 6.45) is 0. The molecule has 0 N–H and O–H groups in total. The molecule has 1 amide bonds. The third-order valence-corrected chi connectivity index (χ3v) is 5.32. The fourth-order valence-electron chi connectivity index (χ4n) is 3.20. The average Bonchev–Trinajstić information content (AvgIpc) is 3.02. The van der Waals surface area contributed by atoms with Gasteiger partial charge in [-0.05, 0) is 43.2 Å². The molecule has 0 bridgehead atoms. The molecule has 0 unspecified atom stereocenters. The van der Waals surface area contributed by atoms with Crippen LogP contribution in [0.15, 0.2) is 48.5 Å². The Balaban J connectivity index is 1.62. The van der Waals surface area contributed by atoms with Gasteiger partial charge in [-0.15, -0.1) is 0 Å². The first-order chi connectivity index (χ1) is 14.8. The van der Waals surface area contributed by atoms with Crippen molar-refractivity contribution in [2.45, 2.75) is 26.9 Å². The lowest BCUT2D eigenvalue weighted by Crippen LogP contribution is -2.31. The fourth-order valence-corrected chi connectivity index (χ4v) is 3.39. The minimum Gasteiger partial charge on any atom is -0.452 e. The van der Waals surface area contributed by atoms with E-state index in [1.165, 1.54) is 17.0 Å². The molecule has 6 nitrogen and oxygen atoms in total. The van der Waals surface area contributed by atoms with Crippen LogP contribution < -0.4 is 0 Å². The number of carbonyl (C=O) groups excluding carboxylic acids is 2. The van der Waals surface area contributed by atoms with E-state index in [9.17, 15) is 14.0 Å². The van der Waals surface area contributed by atoms with E-state index in [2.05, 4.69) is 5.10 Å². The van der Waals surface area contributed by atoms with Gasteiger partial charge in [0.05, 0.1) is 17.9 Å². The lowest BCUT2D eigenvalue weighted by molar-refractivity contribution is -0.133. The highest BCUT2D eigenvalue weighted by atomic mass is 35.5. The summed E-state index contributed by atoms with van der Waals surface area (Å²) in [4.78, 5) is 26.4. The van der Waals surface area contributed by atoms with Crippen LogP contribution in [0.1, 0.15) is 32.9 Å². The second-order valence-electron chi connectivity index (χ2n) is 7.25. The highest BCUT2D eigenvalue weighted by molar-refractivity contribution is 6.31. The van der Waals surface area contributed by atoms with Gasteiger partial charge in [0, 0.05) is 18.6 Å². The number of hydrogen-bond donors (Lipinski definition) is 0. The minimum atomic E-state index is -0.607. The van der Waals surface area contributed by atoms with Gasteiger partial charge in [0.2, 0.25) is 0 Å². The van der Waals surface area contributed by atoms with Gasteiger partial charge in [-0.2, -0.15) is 5.10 Å². The SMILES string of the molecule is Cc1nn(Cc2ccccc2Cl)c(C)c1C(=O)OCC(=O)N(C)Cc1ccc(F)cc1. The monoisotopic (exact) mass is 443 g/mol. The predicted octanol–water partition coefficient (Wildman–Crippen LogP) is 4.16. The van der Waals surface area contributed by atoms with Crippen molar-refractivity contribution in [2.24, 2.45) is 0 Å². The number of likely N-dealkylation sites (N-methyl/N-ethyl adjacent to an activating group) is 1. The number of amides is 1. The molecule has 3 rings (SSSR count). The van der Waals surface area contributed by atoms with Crippen molar-refractivity contribution in [1.82, 2.24) is 14.7 Å². The lowest BCUT2D eigenvalue weighted by atomic mass is 10.2. The van der Waals surface area contributed by atoms with Crippen LogP contribution in [-0.4, -0.2) is 40.2 Å². The Labute approximate surface area is 185 Å². The lowest BCUT2D eigenvalue weighted by Gasteiger charge is -2.17. The Hall–Kier alpha value is -3.19. The van der Waals surface area contributed by atoms with Crippen LogP contribution in [0.25, 0.3) is 0 Å². The highest BCUT2D eigenvalue weighted by Gasteiger charge is 2.22. The van der Waals surface area contributed by atoms with Crippen LogP contribution in [0.2, 0.25) is 5.02 Å². The molecule has 0 fully saturated rings. The number of aromatic nitrogens is 2. The predicted molar refractivity (Wildman–Crippen MR) is 115 cm³/mol. The van der Waals surface area contributed by atoms with E-state index in [1.807, 2.05) is 18.2 Å². The number of halogens is 2. The van der Waals surface area contributed by atoms with Crippen LogP contribution in [0.3, 0.4) is 0 Å². The second kappa shape index (κ2) is 9.75. The number of ether oxygens (including phenoxy) is 1. The average molecular weight is 444 g/mol. The first kappa shape index (κ1) is 22.5. The van der Waals surface area contributed by atoms with Gasteiger partial charge >= 0.3 is 5.97 Å². The molecule has 0 aliphatic rings. The number of rotatable bonds is 7. The van der Waals surface area contributed by atoms with Crippen molar-refractivity contribution in [3.63, 3.8) is 0 Å². The molecule has 0 atom stereocenters.